The third kappa shape index (κ3) is 2.04. The average molecular weight is 274 g/mol. The molecule has 0 amide bonds. The second-order valence-electron chi connectivity index (χ2n) is 5.48. The fourth-order valence-electron chi connectivity index (χ4n) is 3.42. The Balaban J connectivity index is 2.03. The zero-order valence-electron chi connectivity index (χ0n) is 12.2. The maximum absolute atomic E-state index is 5.94. The molecule has 3 rings (SSSR count). The van der Waals surface area contributed by atoms with Crippen LogP contribution in [0.4, 0.5) is 5.82 Å². The Bertz CT molecular complexity index is 592. The van der Waals surface area contributed by atoms with E-state index in [4.69, 9.17) is 5.73 Å². The van der Waals surface area contributed by atoms with Crippen LogP contribution in [0.25, 0.3) is 11.0 Å². The van der Waals surface area contributed by atoms with Crippen LogP contribution in [0.5, 0.6) is 0 Å². The normalized spacial score (nSPS) is 22.6. The lowest BCUT2D eigenvalue weighted by Crippen LogP contribution is -2.41. The second-order valence-corrected chi connectivity index (χ2v) is 5.48. The van der Waals surface area contributed by atoms with Gasteiger partial charge in [-0.3, -0.25) is 4.68 Å². The first-order chi connectivity index (χ1) is 9.76. The van der Waals surface area contributed by atoms with Crippen molar-refractivity contribution in [3.63, 3.8) is 0 Å². The number of rotatable bonds is 4. The van der Waals surface area contributed by atoms with Crippen molar-refractivity contribution in [1.82, 2.24) is 19.7 Å². The van der Waals surface area contributed by atoms with Crippen molar-refractivity contribution in [2.24, 2.45) is 18.7 Å². The van der Waals surface area contributed by atoms with Crippen molar-refractivity contribution in [3.8, 4) is 0 Å². The summed E-state index contributed by atoms with van der Waals surface area (Å²) >= 11 is 0. The molecule has 1 fully saturated rings. The first-order valence-electron chi connectivity index (χ1n) is 7.35. The van der Waals surface area contributed by atoms with Crippen LogP contribution in [0.2, 0.25) is 0 Å². The predicted octanol–water partition coefficient (Wildman–Crippen LogP) is 1.32. The summed E-state index contributed by atoms with van der Waals surface area (Å²) in [7, 11) is 1.91. The van der Waals surface area contributed by atoms with Gasteiger partial charge in [0.15, 0.2) is 5.65 Å². The van der Waals surface area contributed by atoms with Gasteiger partial charge in [0, 0.05) is 19.6 Å². The van der Waals surface area contributed by atoms with E-state index in [9.17, 15) is 0 Å². The third-order valence-corrected chi connectivity index (χ3v) is 4.44. The molecule has 0 bridgehead atoms. The van der Waals surface area contributed by atoms with Gasteiger partial charge in [-0.2, -0.15) is 5.10 Å². The molecule has 0 radical (unpaired) electrons. The summed E-state index contributed by atoms with van der Waals surface area (Å²) in [5, 5.41) is 5.33. The molecule has 1 saturated carbocycles. The van der Waals surface area contributed by atoms with Gasteiger partial charge in [0.05, 0.1) is 11.6 Å². The van der Waals surface area contributed by atoms with Crippen molar-refractivity contribution in [2.75, 3.05) is 18.0 Å². The fourth-order valence-corrected chi connectivity index (χ4v) is 3.42. The highest BCUT2D eigenvalue weighted by Crippen LogP contribution is 2.33. The molecule has 2 aromatic rings. The molecule has 1 aliphatic carbocycles. The van der Waals surface area contributed by atoms with E-state index >= 15 is 0 Å². The summed E-state index contributed by atoms with van der Waals surface area (Å²) in [6.45, 7) is 3.86. The number of fused-ring (bicyclic) bond motifs is 1. The maximum Gasteiger partial charge on any atom is 0.163 e. The summed E-state index contributed by atoms with van der Waals surface area (Å²) in [6.07, 6.45) is 7.17. The number of hydrogen-bond acceptors (Lipinski definition) is 5. The molecule has 2 unspecified atom stereocenters. The molecule has 0 saturated heterocycles. The van der Waals surface area contributed by atoms with E-state index < -0.39 is 0 Å². The lowest BCUT2D eigenvalue weighted by atomic mass is 10.0. The first kappa shape index (κ1) is 13.3. The molecule has 6 heteroatoms. The Hall–Kier alpha value is -1.69. The number of aryl methyl sites for hydroxylation is 1. The standard InChI is InChI=1S/C14H22N6/c1-3-20(12-6-4-5-10(12)7-15)14-11-8-18-19(2)13(11)16-9-17-14/h8-10,12H,3-7,15H2,1-2H3. The number of nitrogens with two attached hydrogens (primary N) is 1. The lowest BCUT2D eigenvalue weighted by molar-refractivity contribution is 0.460. The molecule has 0 aliphatic heterocycles. The Labute approximate surface area is 119 Å². The number of anilines is 1. The van der Waals surface area contributed by atoms with E-state index in [2.05, 4.69) is 26.9 Å². The van der Waals surface area contributed by atoms with Crippen molar-refractivity contribution in [1.29, 1.82) is 0 Å². The average Bonchev–Trinajstić information content (AvgIpc) is 3.08. The van der Waals surface area contributed by atoms with Crippen LogP contribution in [0, 0.1) is 5.92 Å². The number of hydrogen-bond donors (Lipinski definition) is 1. The van der Waals surface area contributed by atoms with Gasteiger partial charge in [0.25, 0.3) is 0 Å². The summed E-state index contributed by atoms with van der Waals surface area (Å²) in [4.78, 5) is 11.2. The minimum Gasteiger partial charge on any atom is -0.353 e. The Morgan fingerprint density at radius 2 is 2.25 bits per heavy atom. The lowest BCUT2D eigenvalue weighted by Gasteiger charge is -2.33. The van der Waals surface area contributed by atoms with Crippen molar-refractivity contribution in [2.45, 2.75) is 32.2 Å². The molecule has 6 nitrogen and oxygen atoms in total. The highest BCUT2D eigenvalue weighted by molar-refractivity contribution is 5.86. The highest BCUT2D eigenvalue weighted by Gasteiger charge is 2.32. The van der Waals surface area contributed by atoms with Crippen LogP contribution in [0.3, 0.4) is 0 Å². The van der Waals surface area contributed by atoms with Gasteiger partial charge >= 0.3 is 0 Å². The van der Waals surface area contributed by atoms with Gasteiger partial charge in [-0.25, -0.2) is 9.97 Å². The summed E-state index contributed by atoms with van der Waals surface area (Å²) in [6, 6.07) is 0.489. The molecule has 108 valence electrons. The van der Waals surface area contributed by atoms with Crippen LogP contribution in [0.1, 0.15) is 26.2 Å². The molecule has 2 atom stereocenters. The minimum absolute atomic E-state index is 0.489. The molecule has 0 aromatic carbocycles. The summed E-state index contributed by atoms with van der Waals surface area (Å²) in [5.41, 5.74) is 6.82. The molecule has 2 aromatic heterocycles. The molecular weight excluding hydrogens is 252 g/mol. The predicted molar refractivity (Wildman–Crippen MR) is 79.5 cm³/mol. The highest BCUT2D eigenvalue weighted by atomic mass is 15.3. The molecule has 2 heterocycles. The number of aromatic nitrogens is 4. The molecule has 20 heavy (non-hydrogen) atoms. The van der Waals surface area contributed by atoms with Crippen molar-refractivity contribution in [3.05, 3.63) is 12.5 Å². The molecule has 2 N–H and O–H groups in total. The summed E-state index contributed by atoms with van der Waals surface area (Å²) < 4.78 is 1.80. The monoisotopic (exact) mass is 274 g/mol. The van der Waals surface area contributed by atoms with E-state index in [1.165, 1.54) is 19.3 Å². The molecule has 0 spiro atoms. The minimum atomic E-state index is 0.489. The smallest absolute Gasteiger partial charge is 0.163 e. The summed E-state index contributed by atoms with van der Waals surface area (Å²) in [5.74, 6) is 1.56. The molecular formula is C14H22N6. The Morgan fingerprint density at radius 3 is 3.00 bits per heavy atom. The van der Waals surface area contributed by atoms with E-state index in [1.807, 2.05) is 13.2 Å². The van der Waals surface area contributed by atoms with Gasteiger partial charge < -0.3 is 10.6 Å². The van der Waals surface area contributed by atoms with E-state index in [0.29, 0.717) is 12.0 Å². The van der Waals surface area contributed by atoms with E-state index in [-0.39, 0.29) is 0 Å². The van der Waals surface area contributed by atoms with Crippen LogP contribution < -0.4 is 10.6 Å². The van der Waals surface area contributed by atoms with E-state index in [1.54, 1.807) is 11.0 Å². The van der Waals surface area contributed by atoms with Crippen LogP contribution >= 0.6 is 0 Å². The zero-order valence-corrected chi connectivity index (χ0v) is 12.2. The van der Waals surface area contributed by atoms with Gasteiger partial charge in [-0.05, 0) is 32.2 Å². The second kappa shape index (κ2) is 5.36. The van der Waals surface area contributed by atoms with Gasteiger partial charge in [-0.1, -0.05) is 6.42 Å². The first-order valence-corrected chi connectivity index (χ1v) is 7.35. The zero-order chi connectivity index (χ0) is 14.1. The van der Waals surface area contributed by atoms with Crippen LogP contribution in [-0.2, 0) is 7.05 Å². The quantitative estimate of drug-likeness (QED) is 0.910. The topological polar surface area (TPSA) is 72.9 Å². The van der Waals surface area contributed by atoms with Gasteiger partial charge in [0.1, 0.15) is 12.1 Å². The van der Waals surface area contributed by atoms with Crippen LogP contribution in [-0.4, -0.2) is 38.9 Å². The Kier molecular flexibility index (Phi) is 3.56. The van der Waals surface area contributed by atoms with Gasteiger partial charge in [0.2, 0.25) is 0 Å². The molecule has 1 aliphatic rings. The van der Waals surface area contributed by atoms with Gasteiger partial charge in [-0.15, -0.1) is 0 Å². The maximum atomic E-state index is 5.94. The van der Waals surface area contributed by atoms with Crippen LogP contribution in [0.15, 0.2) is 12.5 Å². The Morgan fingerprint density at radius 1 is 1.40 bits per heavy atom. The fraction of sp³-hybridized carbons (Fsp3) is 0.643. The van der Waals surface area contributed by atoms with Crippen molar-refractivity contribution < 1.29 is 0 Å². The SMILES string of the molecule is CCN(c1ncnc2c1cnn2C)C1CCCC1CN. The number of nitrogens with zero attached hydrogens (tertiary/aromatic N) is 5. The van der Waals surface area contributed by atoms with Crippen molar-refractivity contribution >= 4 is 16.9 Å². The third-order valence-electron chi connectivity index (χ3n) is 4.44. The largest absolute Gasteiger partial charge is 0.353 e. The van der Waals surface area contributed by atoms with E-state index in [0.717, 1.165) is 29.9 Å².